The van der Waals surface area contributed by atoms with E-state index in [9.17, 15) is 32.3 Å². The summed E-state index contributed by atoms with van der Waals surface area (Å²) in [5.41, 5.74) is 0.279. The van der Waals surface area contributed by atoms with Crippen molar-refractivity contribution >= 4 is 41.3 Å². The van der Waals surface area contributed by atoms with Crippen LogP contribution in [0, 0.1) is 11.7 Å². The smallest absolute Gasteiger partial charge is 0.453 e. The predicted molar refractivity (Wildman–Crippen MR) is 215 cm³/mol. The van der Waals surface area contributed by atoms with E-state index in [-0.39, 0.29) is 58.7 Å². The van der Waals surface area contributed by atoms with Gasteiger partial charge >= 0.3 is 18.5 Å². The molecule has 0 bridgehead atoms. The number of benzene rings is 2. The van der Waals surface area contributed by atoms with Crippen LogP contribution in [-0.2, 0) is 9.53 Å². The average molecular weight is 840 g/mol. The van der Waals surface area contributed by atoms with Gasteiger partial charge in [-0.15, -0.1) is 13.2 Å². The molecule has 5 amide bonds. The number of methoxy groups -OCH3 is 1. The molecule has 2 fully saturated rings. The van der Waals surface area contributed by atoms with Gasteiger partial charge in [0.15, 0.2) is 0 Å². The number of carbonyl (C=O) groups is 4. The number of anilines is 2. The number of amidine groups is 1. The maximum absolute atomic E-state index is 15.6. The SMILES string of the molecule is CNC(=O)N1C[C@@H](C)N(c2ccc(C(=O)Nc3cc(OC(F)(F)F)c(-c4ccc(C5CN=C([C@@H]6CCCN6C(=O)[C@@H](NC(=O)OC)C(C)C)N5)cc4)cc3F)cn2)C[C@@H]1C. The van der Waals surface area contributed by atoms with Gasteiger partial charge in [0.05, 0.1) is 37.0 Å². The molecular formula is C41H49F4N9O6. The molecule has 15 nitrogen and oxygen atoms in total. The summed E-state index contributed by atoms with van der Waals surface area (Å²) >= 11 is 0. The lowest BCUT2D eigenvalue weighted by Crippen LogP contribution is -2.60. The van der Waals surface area contributed by atoms with Crippen LogP contribution >= 0.6 is 0 Å². The molecule has 3 aliphatic heterocycles. The summed E-state index contributed by atoms with van der Waals surface area (Å²) in [7, 11) is 2.80. The summed E-state index contributed by atoms with van der Waals surface area (Å²) in [5.74, 6) is -1.79. The summed E-state index contributed by atoms with van der Waals surface area (Å²) in [6.07, 6.45) is -3.13. The first-order valence-corrected chi connectivity index (χ1v) is 19.7. The monoisotopic (exact) mass is 839 g/mol. The van der Waals surface area contributed by atoms with Crippen LogP contribution in [0.5, 0.6) is 5.75 Å². The molecule has 0 spiro atoms. The molecule has 3 aliphatic rings. The number of hydrogen-bond donors (Lipinski definition) is 4. The molecule has 2 aromatic carbocycles. The van der Waals surface area contributed by atoms with Gasteiger partial charge in [-0.2, -0.15) is 0 Å². The number of alkyl halides is 3. The lowest BCUT2D eigenvalue weighted by atomic mass is 9.99. The van der Waals surface area contributed by atoms with Gasteiger partial charge < -0.3 is 45.4 Å². The summed E-state index contributed by atoms with van der Waals surface area (Å²) < 4.78 is 65.7. The van der Waals surface area contributed by atoms with Gasteiger partial charge in [-0.05, 0) is 61.9 Å². The highest BCUT2D eigenvalue weighted by Crippen LogP contribution is 2.38. The number of piperazine rings is 1. The lowest BCUT2D eigenvalue weighted by Gasteiger charge is -2.44. The Morgan fingerprint density at radius 3 is 2.35 bits per heavy atom. The van der Waals surface area contributed by atoms with Gasteiger partial charge in [-0.25, -0.2) is 19.0 Å². The highest BCUT2D eigenvalue weighted by atomic mass is 19.4. The Morgan fingerprint density at radius 2 is 1.72 bits per heavy atom. The number of aromatic nitrogens is 1. The van der Waals surface area contributed by atoms with Gasteiger partial charge in [0, 0.05) is 56.6 Å². The molecule has 0 aliphatic carbocycles. The van der Waals surface area contributed by atoms with E-state index in [0.29, 0.717) is 44.3 Å². The highest BCUT2D eigenvalue weighted by molar-refractivity contribution is 6.04. The fraction of sp³-hybridized carbons (Fsp3) is 0.463. The Labute approximate surface area is 344 Å². The Bertz CT molecular complexity index is 2100. The molecule has 2 saturated heterocycles. The van der Waals surface area contributed by atoms with Crippen molar-refractivity contribution in [2.75, 3.05) is 50.6 Å². The number of ether oxygens (including phenoxy) is 2. The molecule has 4 heterocycles. The van der Waals surface area contributed by atoms with Crippen LogP contribution in [0.4, 0.5) is 38.7 Å². The Morgan fingerprint density at radius 1 is 0.983 bits per heavy atom. The third-order valence-electron chi connectivity index (χ3n) is 10.9. The number of hydrogen-bond acceptors (Lipinski definition) is 10. The number of nitrogens with zero attached hydrogens (tertiary/aromatic N) is 5. The number of nitrogens with one attached hydrogen (secondary N) is 4. The van der Waals surface area contributed by atoms with E-state index >= 15 is 4.39 Å². The molecule has 19 heteroatoms. The van der Waals surface area contributed by atoms with Gasteiger partial charge in [0.1, 0.15) is 29.3 Å². The van der Waals surface area contributed by atoms with Crippen molar-refractivity contribution in [2.45, 2.75) is 77.1 Å². The number of urea groups is 1. The van der Waals surface area contributed by atoms with Crippen LogP contribution in [0.1, 0.15) is 62.5 Å². The summed E-state index contributed by atoms with van der Waals surface area (Å²) in [6, 6.07) is 9.37. The molecule has 0 radical (unpaired) electrons. The fourth-order valence-corrected chi connectivity index (χ4v) is 7.78. The van der Waals surface area contributed by atoms with Crippen LogP contribution in [0.15, 0.2) is 59.7 Å². The van der Waals surface area contributed by atoms with Crippen LogP contribution in [0.2, 0.25) is 0 Å². The first-order chi connectivity index (χ1) is 28.5. The highest BCUT2D eigenvalue weighted by Gasteiger charge is 2.40. The molecule has 0 saturated carbocycles. The van der Waals surface area contributed by atoms with Crippen LogP contribution in [-0.4, -0.2) is 115 Å². The summed E-state index contributed by atoms with van der Waals surface area (Å²) in [4.78, 5) is 65.4. The molecule has 60 heavy (non-hydrogen) atoms. The van der Waals surface area contributed by atoms with Crippen molar-refractivity contribution < 1.29 is 46.2 Å². The minimum Gasteiger partial charge on any atom is -0.453 e. The molecule has 5 atom stereocenters. The van der Waals surface area contributed by atoms with Crippen LogP contribution < -0.4 is 30.9 Å². The zero-order valence-electron chi connectivity index (χ0n) is 34.1. The molecule has 4 N–H and O–H groups in total. The number of likely N-dealkylation sites (tertiary alicyclic amines) is 1. The normalized spacial score (nSPS) is 20.9. The Hall–Kier alpha value is -6.14. The van der Waals surface area contributed by atoms with E-state index in [4.69, 9.17) is 4.74 Å². The van der Waals surface area contributed by atoms with Crippen molar-refractivity contribution in [1.82, 2.24) is 30.7 Å². The number of rotatable bonds is 10. The Balaban J connectivity index is 1.14. The maximum Gasteiger partial charge on any atom is 0.573 e. The molecule has 1 aromatic heterocycles. The first kappa shape index (κ1) is 43.4. The first-order valence-electron chi connectivity index (χ1n) is 19.7. The van der Waals surface area contributed by atoms with E-state index in [2.05, 4.69) is 36.0 Å². The lowest BCUT2D eigenvalue weighted by molar-refractivity contribution is -0.274. The third kappa shape index (κ3) is 9.66. The number of aliphatic imine (C=N–C) groups is 1. The summed E-state index contributed by atoms with van der Waals surface area (Å²) in [6.45, 7) is 9.27. The van der Waals surface area contributed by atoms with Crippen LogP contribution in [0.3, 0.4) is 0 Å². The molecule has 1 unspecified atom stereocenters. The number of alkyl carbamates (subject to hydrolysis) is 1. The molecular weight excluding hydrogens is 790 g/mol. The van der Waals surface area contributed by atoms with Crippen molar-refractivity contribution in [3.8, 4) is 16.9 Å². The van der Waals surface area contributed by atoms with Crippen molar-refractivity contribution in [3.05, 3.63) is 71.7 Å². The predicted octanol–water partition coefficient (Wildman–Crippen LogP) is 5.69. The van der Waals surface area contributed by atoms with E-state index in [0.717, 1.165) is 24.1 Å². The van der Waals surface area contributed by atoms with E-state index in [1.165, 1.54) is 31.5 Å². The molecule has 6 rings (SSSR count). The minimum absolute atomic E-state index is 0.0380. The number of pyridine rings is 1. The number of amides is 5. The third-order valence-corrected chi connectivity index (χ3v) is 10.9. The van der Waals surface area contributed by atoms with E-state index in [1.807, 2.05) is 32.6 Å². The second kappa shape index (κ2) is 18.0. The zero-order chi connectivity index (χ0) is 43.5. The quantitative estimate of drug-likeness (QED) is 0.188. The Kier molecular flexibility index (Phi) is 13.0. The van der Waals surface area contributed by atoms with E-state index in [1.54, 1.807) is 35.0 Å². The standard InChI is InChI=1S/C41H49F4N9O6/c1-22(2)35(51-40(58)59-6)38(56)52-15-7-8-32(52)36-48-19-31(49-36)26-11-9-25(10-12-26)28-16-29(42)30(17-33(28)60-41(43,44)45)50-37(55)27-13-14-34(47-18-27)53-20-24(4)54(21-23(53)3)39(57)46-5/h9-14,16-18,22-24,31-32,35H,7-8,15,19-21H2,1-6H3,(H,46,57)(H,48,49)(H,50,55)(H,51,58)/t23-,24+,31?,32+,35+/m1/s1. The fourth-order valence-electron chi connectivity index (χ4n) is 7.78. The largest absolute Gasteiger partial charge is 0.573 e. The second-order valence-electron chi connectivity index (χ2n) is 15.4. The second-order valence-corrected chi connectivity index (χ2v) is 15.4. The minimum atomic E-state index is -5.13. The molecule has 322 valence electrons. The number of halogens is 4. The topological polar surface area (TPSA) is 170 Å². The van der Waals surface area contributed by atoms with Crippen LogP contribution in [0.25, 0.3) is 11.1 Å². The average Bonchev–Trinajstić information content (AvgIpc) is 3.91. The van der Waals surface area contributed by atoms with Crippen molar-refractivity contribution in [3.63, 3.8) is 0 Å². The van der Waals surface area contributed by atoms with Gasteiger partial charge in [0.2, 0.25) is 5.91 Å². The van der Waals surface area contributed by atoms with Crippen molar-refractivity contribution in [1.29, 1.82) is 0 Å². The maximum atomic E-state index is 15.6. The van der Waals surface area contributed by atoms with Gasteiger partial charge in [0.25, 0.3) is 5.91 Å². The zero-order valence-corrected chi connectivity index (χ0v) is 34.1. The molecule has 3 aromatic rings. The summed E-state index contributed by atoms with van der Waals surface area (Å²) in [5, 5.41) is 11.0. The van der Waals surface area contributed by atoms with Gasteiger partial charge in [-0.3, -0.25) is 14.6 Å². The van der Waals surface area contributed by atoms with E-state index < -0.39 is 41.7 Å². The number of carbonyl (C=O) groups excluding carboxylic acids is 4. The van der Waals surface area contributed by atoms with Gasteiger partial charge in [-0.1, -0.05) is 38.1 Å². The van der Waals surface area contributed by atoms with Crippen molar-refractivity contribution in [2.24, 2.45) is 10.9 Å².